The minimum Gasteiger partial charge on any atom is -0.462 e. The molecule has 0 saturated heterocycles. The standard InChI is InChI=1S/C64H118O6/c1-4-7-10-13-15-17-19-21-23-25-26-27-28-29-30-31-32-33-34-35-36-37-38-39-41-42-44-46-48-51-54-57-63(66)69-60-61(59-68-62(65)56-53-50-12-9-6-3)70-64(67)58-55-52-49-47-45-43-40-24-22-20-18-16-14-11-8-5-2/h18,20,24-26,40,61H,4-17,19,21-23,27-39,41-60H2,1-3H3/b20-18-,26-25-,40-24-. The molecule has 0 aromatic heterocycles. The van der Waals surface area contributed by atoms with Crippen molar-refractivity contribution in [2.24, 2.45) is 0 Å². The molecule has 0 N–H and O–H groups in total. The third kappa shape index (κ3) is 56.5. The molecule has 0 aliphatic heterocycles. The van der Waals surface area contributed by atoms with Crippen molar-refractivity contribution < 1.29 is 28.6 Å². The summed E-state index contributed by atoms with van der Waals surface area (Å²) in [4.78, 5) is 37.8. The quantitative estimate of drug-likeness (QED) is 0.0261. The molecule has 6 nitrogen and oxygen atoms in total. The minimum atomic E-state index is -0.773. The summed E-state index contributed by atoms with van der Waals surface area (Å²) in [7, 11) is 0. The fourth-order valence-electron chi connectivity index (χ4n) is 9.18. The van der Waals surface area contributed by atoms with Gasteiger partial charge in [0.1, 0.15) is 13.2 Å². The van der Waals surface area contributed by atoms with Crippen LogP contribution in [-0.2, 0) is 28.6 Å². The summed E-state index contributed by atoms with van der Waals surface area (Å²) in [5.41, 5.74) is 0. The lowest BCUT2D eigenvalue weighted by Gasteiger charge is -2.18. The van der Waals surface area contributed by atoms with E-state index in [-0.39, 0.29) is 31.1 Å². The normalized spacial score (nSPS) is 12.2. The van der Waals surface area contributed by atoms with E-state index in [2.05, 4.69) is 57.2 Å². The predicted octanol–water partition coefficient (Wildman–Crippen LogP) is 20.8. The zero-order chi connectivity index (χ0) is 50.7. The summed E-state index contributed by atoms with van der Waals surface area (Å²) >= 11 is 0. The monoisotopic (exact) mass is 983 g/mol. The summed E-state index contributed by atoms with van der Waals surface area (Å²) < 4.78 is 16.7. The Balaban J connectivity index is 3.93. The Hall–Kier alpha value is -2.37. The number of rotatable bonds is 57. The van der Waals surface area contributed by atoms with E-state index < -0.39 is 6.10 Å². The number of carbonyl (C=O) groups is 3. The van der Waals surface area contributed by atoms with E-state index in [4.69, 9.17) is 14.2 Å². The first-order valence-corrected chi connectivity index (χ1v) is 31.0. The van der Waals surface area contributed by atoms with Crippen molar-refractivity contribution in [2.75, 3.05) is 13.2 Å². The molecule has 70 heavy (non-hydrogen) atoms. The number of ether oxygens (including phenoxy) is 3. The Bertz CT molecular complexity index is 1170. The van der Waals surface area contributed by atoms with E-state index in [1.54, 1.807) is 0 Å². The number of esters is 3. The molecule has 410 valence electrons. The van der Waals surface area contributed by atoms with E-state index >= 15 is 0 Å². The second-order valence-electron chi connectivity index (χ2n) is 21.0. The molecule has 0 aromatic rings. The smallest absolute Gasteiger partial charge is 0.306 e. The average Bonchev–Trinajstić information content (AvgIpc) is 3.36. The Morgan fingerprint density at radius 1 is 0.286 bits per heavy atom. The third-order valence-corrected chi connectivity index (χ3v) is 13.9. The van der Waals surface area contributed by atoms with Crippen LogP contribution < -0.4 is 0 Å². The lowest BCUT2D eigenvalue weighted by Crippen LogP contribution is -2.30. The minimum absolute atomic E-state index is 0.0747. The van der Waals surface area contributed by atoms with Gasteiger partial charge in [0, 0.05) is 19.3 Å². The fraction of sp³-hybridized carbons (Fsp3) is 0.859. The van der Waals surface area contributed by atoms with Crippen LogP contribution in [0.2, 0.25) is 0 Å². The lowest BCUT2D eigenvalue weighted by molar-refractivity contribution is -0.167. The summed E-state index contributed by atoms with van der Waals surface area (Å²) in [6.07, 6.45) is 72.1. The molecule has 0 aliphatic rings. The largest absolute Gasteiger partial charge is 0.462 e. The van der Waals surface area contributed by atoms with Crippen LogP contribution in [0.15, 0.2) is 36.5 Å². The zero-order valence-electron chi connectivity index (χ0n) is 47.1. The molecular weight excluding hydrogens is 865 g/mol. The van der Waals surface area contributed by atoms with E-state index in [9.17, 15) is 14.4 Å². The molecule has 0 heterocycles. The van der Waals surface area contributed by atoms with Crippen molar-refractivity contribution in [2.45, 2.75) is 341 Å². The Morgan fingerprint density at radius 2 is 0.514 bits per heavy atom. The van der Waals surface area contributed by atoms with Crippen molar-refractivity contribution in [3.8, 4) is 0 Å². The van der Waals surface area contributed by atoms with E-state index in [0.29, 0.717) is 19.3 Å². The van der Waals surface area contributed by atoms with Gasteiger partial charge in [-0.3, -0.25) is 14.4 Å². The van der Waals surface area contributed by atoms with Crippen LogP contribution in [0.25, 0.3) is 0 Å². The maximum absolute atomic E-state index is 12.8. The van der Waals surface area contributed by atoms with Gasteiger partial charge in [-0.1, -0.05) is 276 Å². The molecule has 1 unspecified atom stereocenters. The van der Waals surface area contributed by atoms with Gasteiger partial charge in [-0.05, 0) is 77.0 Å². The summed E-state index contributed by atoms with van der Waals surface area (Å²) in [6, 6.07) is 0. The van der Waals surface area contributed by atoms with Gasteiger partial charge in [0.25, 0.3) is 0 Å². The van der Waals surface area contributed by atoms with Crippen LogP contribution in [0.5, 0.6) is 0 Å². The molecule has 6 heteroatoms. The molecule has 0 aromatic carbocycles. The van der Waals surface area contributed by atoms with Crippen molar-refractivity contribution in [3.63, 3.8) is 0 Å². The number of hydrogen-bond donors (Lipinski definition) is 0. The van der Waals surface area contributed by atoms with Crippen LogP contribution in [0.3, 0.4) is 0 Å². The molecule has 0 fully saturated rings. The van der Waals surface area contributed by atoms with Gasteiger partial charge >= 0.3 is 17.9 Å². The van der Waals surface area contributed by atoms with Crippen LogP contribution in [0.4, 0.5) is 0 Å². The van der Waals surface area contributed by atoms with Gasteiger partial charge in [0.15, 0.2) is 6.10 Å². The van der Waals surface area contributed by atoms with Gasteiger partial charge in [-0.25, -0.2) is 0 Å². The SMILES string of the molecule is CCCCCC/C=C\C/C=C\CCCCCCCC(=O)OC(COC(=O)CCCCCCC)COC(=O)CCCCCCCCCCCCCCCCCCCCC/C=C\CCCCCCCCCC. The maximum atomic E-state index is 12.8. The van der Waals surface area contributed by atoms with Crippen molar-refractivity contribution in [1.29, 1.82) is 0 Å². The molecule has 0 spiro atoms. The molecule has 0 aliphatic carbocycles. The molecule has 0 bridgehead atoms. The van der Waals surface area contributed by atoms with Crippen LogP contribution >= 0.6 is 0 Å². The van der Waals surface area contributed by atoms with Crippen LogP contribution in [0.1, 0.15) is 335 Å². The van der Waals surface area contributed by atoms with Crippen LogP contribution in [-0.4, -0.2) is 37.2 Å². The lowest BCUT2D eigenvalue weighted by atomic mass is 10.0. The Labute approximate surface area is 435 Å². The first-order chi connectivity index (χ1) is 34.5. The number of allylic oxidation sites excluding steroid dienone is 6. The number of unbranched alkanes of at least 4 members (excludes halogenated alkanes) is 40. The van der Waals surface area contributed by atoms with E-state index in [0.717, 1.165) is 89.9 Å². The van der Waals surface area contributed by atoms with E-state index in [1.165, 1.54) is 205 Å². The Kier molecular flexibility index (Phi) is 57.2. The van der Waals surface area contributed by atoms with Crippen LogP contribution in [0, 0.1) is 0 Å². The second kappa shape index (κ2) is 59.2. The summed E-state index contributed by atoms with van der Waals surface area (Å²) in [5, 5.41) is 0. The maximum Gasteiger partial charge on any atom is 0.306 e. The highest BCUT2D eigenvalue weighted by Crippen LogP contribution is 2.17. The number of hydrogen-bond acceptors (Lipinski definition) is 6. The van der Waals surface area contributed by atoms with Crippen molar-refractivity contribution in [1.82, 2.24) is 0 Å². The van der Waals surface area contributed by atoms with Gasteiger partial charge in [-0.2, -0.15) is 0 Å². The van der Waals surface area contributed by atoms with E-state index in [1.807, 2.05) is 0 Å². The topological polar surface area (TPSA) is 78.9 Å². The molecule has 0 saturated carbocycles. The van der Waals surface area contributed by atoms with Gasteiger partial charge in [0.2, 0.25) is 0 Å². The highest BCUT2D eigenvalue weighted by molar-refractivity contribution is 5.71. The first-order valence-electron chi connectivity index (χ1n) is 31.0. The molecule has 0 radical (unpaired) electrons. The van der Waals surface area contributed by atoms with Crippen molar-refractivity contribution in [3.05, 3.63) is 36.5 Å². The summed E-state index contributed by atoms with van der Waals surface area (Å²) in [6.45, 7) is 6.56. The Morgan fingerprint density at radius 3 is 0.814 bits per heavy atom. The van der Waals surface area contributed by atoms with Gasteiger partial charge in [-0.15, -0.1) is 0 Å². The van der Waals surface area contributed by atoms with Crippen molar-refractivity contribution >= 4 is 17.9 Å². The highest BCUT2D eigenvalue weighted by Gasteiger charge is 2.19. The fourth-order valence-corrected chi connectivity index (χ4v) is 9.18. The third-order valence-electron chi connectivity index (χ3n) is 13.9. The average molecular weight is 984 g/mol. The molecular formula is C64H118O6. The zero-order valence-corrected chi connectivity index (χ0v) is 47.1. The molecule has 0 amide bonds. The second-order valence-corrected chi connectivity index (χ2v) is 21.0. The first kappa shape index (κ1) is 67.6. The van der Waals surface area contributed by atoms with Gasteiger partial charge < -0.3 is 14.2 Å². The molecule has 1 atom stereocenters. The number of carbonyl (C=O) groups excluding carboxylic acids is 3. The predicted molar refractivity (Wildman–Crippen MR) is 302 cm³/mol. The molecule has 0 rings (SSSR count). The highest BCUT2D eigenvalue weighted by atomic mass is 16.6. The summed E-state index contributed by atoms with van der Waals surface area (Å²) in [5.74, 6) is -0.887. The van der Waals surface area contributed by atoms with Gasteiger partial charge in [0.05, 0.1) is 0 Å².